The van der Waals surface area contributed by atoms with Gasteiger partial charge in [0, 0.05) is 11.1 Å². The number of aliphatic imine (C=N–C) groups is 1. The molecule has 0 N–H and O–H groups in total. The smallest absolute Gasteiger partial charge is 0.185 e. The van der Waals surface area contributed by atoms with E-state index in [1.807, 2.05) is 27.7 Å². The molecule has 0 unspecified atom stereocenters. The number of hydrogen-bond acceptors (Lipinski definition) is 4. The summed E-state index contributed by atoms with van der Waals surface area (Å²) < 4.78 is 0. The summed E-state index contributed by atoms with van der Waals surface area (Å²) >= 11 is 0. The van der Waals surface area contributed by atoms with E-state index in [1.54, 1.807) is 24.3 Å². The monoisotopic (exact) mass is 310 g/mol. The Kier molecular flexibility index (Phi) is 4.94. The van der Waals surface area contributed by atoms with Crippen LogP contribution in [0.2, 0.25) is 0 Å². The van der Waals surface area contributed by atoms with Crippen LogP contribution in [-0.2, 0) is 4.79 Å². The van der Waals surface area contributed by atoms with Crippen LogP contribution >= 0.6 is 0 Å². The Morgan fingerprint density at radius 1 is 1.04 bits per heavy atom. The standard InChI is InChI=1S/C19H21NO3/c1-11(2)16-9-15(10-17(12(3)4)18(16)21)20-14-7-5-6-13(8-14)19(22)23/h5-12H,1-4H3,(H,22,23)/p-1. The third-order valence-electron chi connectivity index (χ3n) is 3.72. The molecule has 0 amide bonds. The zero-order valence-corrected chi connectivity index (χ0v) is 13.8. The average molecular weight is 310 g/mol. The van der Waals surface area contributed by atoms with Crippen LogP contribution in [0, 0.1) is 11.8 Å². The molecule has 0 saturated heterocycles. The lowest BCUT2D eigenvalue weighted by Crippen LogP contribution is -2.22. The first-order valence-corrected chi connectivity index (χ1v) is 7.67. The van der Waals surface area contributed by atoms with Crippen LogP contribution < -0.4 is 5.11 Å². The van der Waals surface area contributed by atoms with Crippen LogP contribution in [-0.4, -0.2) is 17.5 Å². The van der Waals surface area contributed by atoms with Crippen LogP contribution in [0.15, 0.2) is 52.6 Å². The van der Waals surface area contributed by atoms with Crippen molar-refractivity contribution in [1.82, 2.24) is 0 Å². The molecule has 0 bridgehead atoms. The summed E-state index contributed by atoms with van der Waals surface area (Å²) in [5.41, 5.74) is 2.72. The van der Waals surface area contributed by atoms with Gasteiger partial charge < -0.3 is 9.90 Å². The van der Waals surface area contributed by atoms with Crippen LogP contribution in [0.25, 0.3) is 0 Å². The minimum atomic E-state index is -1.23. The summed E-state index contributed by atoms with van der Waals surface area (Å²) in [6.45, 7) is 7.89. The van der Waals surface area contributed by atoms with Crippen molar-refractivity contribution in [3.8, 4) is 0 Å². The lowest BCUT2D eigenvalue weighted by Gasteiger charge is -2.20. The lowest BCUT2D eigenvalue weighted by molar-refractivity contribution is -0.255. The van der Waals surface area contributed by atoms with Crippen molar-refractivity contribution in [2.45, 2.75) is 27.7 Å². The van der Waals surface area contributed by atoms with Crippen molar-refractivity contribution in [3.05, 3.63) is 53.1 Å². The maximum Gasteiger partial charge on any atom is 0.185 e. The van der Waals surface area contributed by atoms with Crippen molar-refractivity contribution in [1.29, 1.82) is 0 Å². The lowest BCUT2D eigenvalue weighted by atomic mass is 9.84. The van der Waals surface area contributed by atoms with Gasteiger partial charge in [-0.05, 0) is 41.7 Å². The summed E-state index contributed by atoms with van der Waals surface area (Å²) in [7, 11) is 0. The second-order valence-corrected chi connectivity index (χ2v) is 6.21. The van der Waals surface area contributed by atoms with Gasteiger partial charge in [-0.1, -0.05) is 39.8 Å². The molecular weight excluding hydrogens is 290 g/mol. The molecule has 1 aromatic carbocycles. The summed E-state index contributed by atoms with van der Waals surface area (Å²) in [5.74, 6) is -0.963. The van der Waals surface area contributed by atoms with Crippen molar-refractivity contribution in [2.24, 2.45) is 16.8 Å². The minimum Gasteiger partial charge on any atom is -0.545 e. The van der Waals surface area contributed by atoms with Gasteiger partial charge in [-0.2, -0.15) is 0 Å². The number of carboxylic acids is 1. The van der Waals surface area contributed by atoms with Crippen LogP contribution in [0.1, 0.15) is 38.1 Å². The van der Waals surface area contributed by atoms with Gasteiger partial charge in [0.25, 0.3) is 0 Å². The van der Waals surface area contributed by atoms with Crippen LogP contribution in [0.4, 0.5) is 5.69 Å². The summed E-state index contributed by atoms with van der Waals surface area (Å²) in [6, 6.07) is 6.28. The molecule has 0 radical (unpaired) electrons. The zero-order chi connectivity index (χ0) is 17.1. The van der Waals surface area contributed by atoms with E-state index in [9.17, 15) is 14.7 Å². The van der Waals surface area contributed by atoms with E-state index < -0.39 is 5.97 Å². The van der Waals surface area contributed by atoms with E-state index >= 15 is 0 Å². The third-order valence-corrected chi connectivity index (χ3v) is 3.72. The molecule has 4 heteroatoms. The maximum absolute atomic E-state index is 12.5. The normalized spacial score (nSPS) is 14.9. The molecule has 0 saturated carbocycles. The van der Waals surface area contributed by atoms with E-state index in [2.05, 4.69) is 4.99 Å². The molecule has 4 nitrogen and oxygen atoms in total. The quantitative estimate of drug-likeness (QED) is 0.803. The number of carboxylic acid groups (broad SMARTS) is 1. The Bertz CT molecular complexity index is 707. The third kappa shape index (κ3) is 3.83. The number of nitrogens with zero attached hydrogens (tertiary/aromatic N) is 1. The van der Waals surface area contributed by atoms with Crippen LogP contribution in [0.3, 0.4) is 0 Å². The highest BCUT2D eigenvalue weighted by molar-refractivity contribution is 6.22. The molecule has 1 aromatic rings. The van der Waals surface area contributed by atoms with Gasteiger partial charge in [0.2, 0.25) is 0 Å². The van der Waals surface area contributed by atoms with Gasteiger partial charge in [0.1, 0.15) is 0 Å². The van der Waals surface area contributed by atoms with Crippen molar-refractivity contribution in [3.63, 3.8) is 0 Å². The molecule has 0 spiro atoms. The fraction of sp³-hybridized carbons (Fsp3) is 0.316. The maximum atomic E-state index is 12.5. The molecule has 0 aromatic heterocycles. The largest absolute Gasteiger partial charge is 0.545 e. The van der Waals surface area contributed by atoms with E-state index in [4.69, 9.17) is 0 Å². The van der Waals surface area contributed by atoms with Crippen molar-refractivity contribution >= 4 is 23.2 Å². The number of ketones is 1. The molecule has 2 rings (SSSR count). The summed E-state index contributed by atoms with van der Waals surface area (Å²) in [4.78, 5) is 27.9. The molecule has 1 aliphatic rings. The first-order chi connectivity index (χ1) is 10.8. The van der Waals surface area contributed by atoms with Gasteiger partial charge in [-0.25, -0.2) is 4.99 Å². The SMILES string of the molecule is CC(C)C1=CC(=Nc2cccc(C(=O)[O-])c2)C=C(C(C)C)C1=O. The molecule has 120 valence electrons. The number of Topliss-reactive ketones (excluding diaryl/α,β-unsaturated/α-hetero) is 1. The zero-order valence-electron chi connectivity index (χ0n) is 13.8. The molecule has 0 heterocycles. The highest BCUT2D eigenvalue weighted by Crippen LogP contribution is 2.26. The van der Waals surface area contributed by atoms with E-state index in [0.717, 1.165) is 11.1 Å². The second kappa shape index (κ2) is 6.73. The molecule has 1 aliphatic carbocycles. The van der Waals surface area contributed by atoms with Gasteiger partial charge in [0.05, 0.1) is 17.4 Å². The highest BCUT2D eigenvalue weighted by Gasteiger charge is 2.24. The Morgan fingerprint density at radius 2 is 1.61 bits per heavy atom. The number of carbonyl (C=O) groups is 2. The van der Waals surface area contributed by atoms with E-state index in [-0.39, 0.29) is 23.2 Å². The fourth-order valence-electron chi connectivity index (χ4n) is 2.43. The second-order valence-electron chi connectivity index (χ2n) is 6.21. The number of aromatic carboxylic acids is 1. The average Bonchev–Trinajstić information content (AvgIpc) is 2.48. The number of allylic oxidation sites excluding steroid dienone is 4. The highest BCUT2D eigenvalue weighted by atomic mass is 16.4. The molecule has 0 aliphatic heterocycles. The molecule has 0 fully saturated rings. The van der Waals surface area contributed by atoms with Gasteiger partial charge in [-0.3, -0.25) is 4.79 Å². The number of benzene rings is 1. The first-order valence-electron chi connectivity index (χ1n) is 7.67. The van der Waals surface area contributed by atoms with Crippen molar-refractivity contribution < 1.29 is 14.7 Å². The predicted molar refractivity (Wildman–Crippen MR) is 88.7 cm³/mol. The van der Waals surface area contributed by atoms with Crippen molar-refractivity contribution in [2.75, 3.05) is 0 Å². The Hall–Kier alpha value is -2.49. The first kappa shape index (κ1) is 16.9. The number of rotatable bonds is 4. The topological polar surface area (TPSA) is 69.6 Å². The van der Waals surface area contributed by atoms with Gasteiger partial charge >= 0.3 is 0 Å². The summed E-state index contributed by atoms with van der Waals surface area (Å²) in [5, 5.41) is 10.9. The predicted octanol–water partition coefficient (Wildman–Crippen LogP) is 2.87. The Morgan fingerprint density at radius 3 is 2.09 bits per heavy atom. The van der Waals surface area contributed by atoms with Gasteiger partial charge in [0.15, 0.2) is 5.78 Å². The van der Waals surface area contributed by atoms with Gasteiger partial charge in [-0.15, -0.1) is 0 Å². The Balaban J connectivity index is 2.49. The van der Waals surface area contributed by atoms with E-state index in [0.29, 0.717) is 11.4 Å². The minimum absolute atomic E-state index is 0.0671. The van der Waals surface area contributed by atoms with E-state index in [1.165, 1.54) is 12.1 Å². The molecule has 23 heavy (non-hydrogen) atoms. The fourth-order valence-corrected chi connectivity index (χ4v) is 2.43. The number of carbonyl (C=O) groups excluding carboxylic acids is 2. The number of hydrogen-bond donors (Lipinski definition) is 0. The summed E-state index contributed by atoms with van der Waals surface area (Å²) in [6.07, 6.45) is 3.56. The molecular formula is C19H20NO3-. The van der Waals surface area contributed by atoms with Crippen LogP contribution in [0.5, 0.6) is 0 Å². The Labute approximate surface area is 136 Å². The molecule has 0 atom stereocenters.